The van der Waals surface area contributed by atoms with E-state index in [1.165, 1.54) is 11.3 Å². The summed E-state index contributed by atoms with van der Waals surface area (Å²) in [5, 5.41) is 4.95. The number of ether oxygens (including phenoxy) is 2. The second kappa shape index (κ2) is 8.63. The number of esters is 1. The van der Waals surface area contributed by atoms with Gasteiger partial charge in [0.25, 0.3) is 5.91 Å². The van der Waals surface area contributed by atoms with E-state index in [2.05, 4.69) is 10.3 Å². The molecule has 1 saturated heterocycles. The van der Waals surface area contributed by atoms with Gasteiger partial charge in [-0.2, -0.15) is 0 Å². The second-order valence-corrected chi connectivity index (χ2v) is 6.72. The summed E-state index contributed by atoms with van der Waals surface area (Å²) in [6, 6.07) is 6.81. The molecule has 1 fully saturated rings. The maximum atomic E-state index is 11.9. The molecule has 1 aromatic carbocycles. The first-order valence-corrected chi connectivity index (χ1v) is 9.27. The zero-order chi connectivity index (χ0) is 19.2. The third-order valence-electron chi connectivity index (χ3n) is 3.91. The average Bonchev–Trinajstić information content (AvgIpc) is 3.29. The van der Waals surface area contributed by atoms with Crippen molar-refractivity contribution in [3.8, 4) is 5.75 Å². The molecule has 2 aromatic rings. The van der Waals surface area contributed by atoms with E-state index >= 15 is 0 Å². The fourth-order valence-electron chi connectivity index (χ4n) is 2.57. The molecule has 1 N–H and O–H groups in total. The summed E-state index contributed by atoms with van der Waals surface area (Å²) >= 11 is 1.32. The van der Waals surface area contributed by atoms with E-state index in [9.17, 15) is 14.4 Å². The first-order valence-electron chi connectivity index (χ1n) is 8.39. The Morgan fingerprint density at radius 3 is 2.74 bits per heavy atom. The molecule has 0 atom stereocenters. The topological polar surface area (TPSA) is 97.8 Å². The van der Waals surface area contributed by atoms with Crippen molar-refractivity contribution in [2.75, 3.05) is 30.5 Å². The Morgan fingerprint density at radius 1 is 1.30 bits per heavy atom. The quantitative estimate of drug-likeness (QED) is 0.728. The van der Waals surface area contributed by atoms with Crippen molar-refractivity contribution in [1.82, 2.24) is 4.98 Å². The summed E-state index contributed by atoms with van der Waals surface area (Å²) in [6.45, 7) is 0.272. The number of aromatic nitrogens is 1. The third kappa shape index (κ3) is 5.04. The molecule has 0 bridgehead atoms. The molecule has 2 amide bonds. The number of rotatable bonds is 7. The summed E-state index contributed by atoms with van der Waals surface area (Å²) in [6.07, 6.45) is 1.30. The smallest absolute Gasteiger partial charge is 0.312 e. The van der Waals surface area contributed by atoms with Gasteiger partial charge in [0.15, 0.2) is 11.7 Å². The highest BCUT2D eigenvalue weighted by molar-refractivity contribution is 7.14. The van der Waals surface area contributed by atoms with Gasteiger partial charge in [-0.15, -0.1) is 11.3 Å². The normalized spacial score (nSPS) is 13.5. The SMILES string of the molecule is COc1ccc(NC(=O)COC(=O)Cc2csc(N3CCCC3=O)n2)cc1. The van der Waals surface area contributed by atoms with Crippen LogP contribution < -0.4 is 15.0 Å². The largest absolute Gasteiger partial charge is 0.497 e. The fourth-order valence-corrected chi connectivity index (χ4v) is 3.44. The van der Waals surface area contributed by atoms with Crippen LogP contribution in [0.3, 0.4) is 0 Å². The van der Waals surface area contributed by atoms with Crippen LogP contribution in [0.15, 0.2) is 29.6 Å². The molecule has 0 spiro atoms. The van der Waals surface area contributed by atoms with Gasteiger partial charge in [-0.05, 0) is 30.7 Å². The van der Waals surface area contributed by atoms with E-state index in [-0.39, 0.29) is 18.9 Å². The molecule has 2 heterocycles. The minimum atomic E-state index is -0.551. The number of hydrogen-bond acceptors (Lipinski definition) is 7. The second-order valence-electron chi connectivity index (χ2n) is 5.88. The molecule has 0 radical (unpaired) electrons. The number of amides is 2. The van der Waals surface area contributed by atoms with Crippen molar-refractivity contribution in [2.45, 2.75) is 19.3 Å². The van der Waals surface area contributed by atoms with Gasteiger partial charge in [0.2, 0.25) is 5.91 Å². The highest BCUT2D eigenvalue weighted by Crippen LogP contribution is 2.25. The van der Waals surface area contributed by atoms with Crippen molar-refractivity contribution in [1.29, 1.82) is 0 Å². The number of nitrogens with zero attached hydrogens (tertiary/aromatic N) is 2. The molecule has 142 valence electrons. The Hall–Kier alpha value is -2.94. The number of hydrogen-bond donors (Lipinski definition) is 1. The minimum Gasteiger partial charge on any atom is -0.497 e. The first kappa shape index (κ1) is 18.8. The molecule has 0 aliphatic carbocycles. The van der Waals surface area contributed by atoms with Crippen molar-refractivity contribution in [2.24, 2.45) is 0 Å². The van der Waals surface area contributed by atoms with Gasteiger partial charge in [-0.1, -0.05) is 0 Å². The number of thiazole rings is 1. The van der Waals surface area contributed by atoms with Crippen molar-refractivity contribution in [3.63, 3.8) is 0 Å². The molecule has 1 aliphatic heterocycles. The van der Waals surface area contributed by atoms with Gasteiger partial charge >= 0.3 is 5.97 Å². The highest BCUT2D eigenvalue weighted by Gasteiger charge is 2.24. The third-order valence-corrected chi connectivity index (χ3v) is 4.82. The zero-order valence-electron chi connectivity index (χ0n) is 14.8. The van der Waals surface area contributed by atoms with Crippen LogP contribution in [0.1, 0.15) is 18.5 Å². The molecule has 1 aromatic heterocycles. The Labute approximate surface area is 160 Å². The number of carbonyl (C=O) groups excluding carboxylic acids is 3. The van der Waals surface area contributed by atoms with Gasteiger partial charge in [-0.3, -0.25) is 19.3 Å². The standard InChI is InChI=1S/C18H19N3O5S/c1-25-14-6-4-12(5-7-14)19-15(22)10-26-17(24)9-13-11-27-18(20-13)21-8-2-3-16(21)23/h4-7,11H,2-3,8-10H2,1H3,(H,19,22). The predicted molar refractivity (Wildman–Crippen MR) is 100.0 cm³/mol. The zero-order valence-corrected chi connectivity index (χ0v) is 15.6. The van der Waals surface area contributed by atoms with Crippen molar-refractivity contribution >= 4 is 39.9 Å². The lowest BCUT2D eigenvalue weighted by Gasteiger charge is -2.10. The molecular weight excluding hydrogens is 370 g/mol. The van der Waals surface area contributed by atoms with Gasteiger partial charge in [0.05, 0.1) is 19.2 Å². The Bertz CT molecular complexity index is 834. The van der Waals surface area contributed by atoms with Gasteiger partial charge < -0.3 is 14.8 Å². The molecule has 8 nitrogen and oxygen atoms in total. The van der Waals surface area contributed by atoms with E-state index < -0.39 is 11.9 Å². The van der Waals surface area contributed by atoms with Crippen LogP contribution >= 0.6 is 11.3 Å². The maximum absolute atomic E-state index is 11.9. The summed E-state index contributed by atoms with van der Waals surface area (Å²) < 4.78 is 10.0. The molecule has 0 unspecified atom stereocenters. The van der Waals surface area contributed by atoms with Crippen LogP contribution in [0.25, 0.3) is 0 Å². The lowest BCUT2D eigenvalue weighted by atomic mass is 10.3. The van der Waals surface area contributed by atoms with Crippen LogP contribution in [0.5, 0.6) is 5.75 Å². The molecular formula is C18H19N3O5S. The van der Waals surface area contributed by atoms with Crippen LogP contribution in [-0.4, -0.2) is 43.0 Å². The monoisotopic (exact) mass is 389 g/mol. The predicted octanol–water partition coefficient (Wildman–Crippen LogP) is 2.00. The van der Waals surface area contributed by atoms with Crippen LogP contribution in [0, 0.1) is 0 Å². The number of carbonyl (C=O) groups is 3. The Kier molecular flexibility index (Phi) is 6.02. The highest BCUT2D eigenvalue weighted by atomic mass is 32.1. The van der Waals surface area contributed by atoms with Crippen LogP contribution in [-0.2, 0) is 25.5 Å². The summed E-state index contributed by atoms with van der Waals surface area (Å²) in [5.74, 6) is -0.258. The van der Waals surface area contributed by atoms with E-state index in [1.54, 1.807) is 41.7 Å². The lowest BCUT2D eigenvalue weighted by molar-refractivity contribution is -0.146. The van der Waals surface area contributed by atoms with Crippen molar-refractivity contribution < 1.29 is 23.9 Å². The summed E-state index contributed by atoms with van der Waals surface area (Å²) in [7, 11) is 1.56. The molecule has 1 aliphatic rings. The summed E-state index contributed by atoms with van der Waals surface area (Å²) in [4.78, 5) is 41.4. The number of nitrogens with one attached hydrogen (secondary N) is 1. The number of anilines is 2. The van der Waals surface area contributed by atoms with Gasteiger partial charge in [-0.25, -0.2) is 4.98 Å². The number of benzene rings is 1. The van der Waals surface area contributed by atoms with E-state index in [0.717, 1.165) is 6.42 Å². The Balaban J connectivity index is 1.44. The van der Waals surface area contributed by atoms with E-state index in [1.807, 2.05) is 0 Å². The molecule has 9 heteroatoms. The minimum absolute atomic E-state index is 0.0473. The van der Waals surface area contributed by atoms with Crippen LogP contribution in [0.2, 0.25) is 0 Å². The fraction of sp³-hybridized carbons (Fsp3) is 0.333. The van der Waals surface area contributed by atoms with Gasteiger partial charge in [0, 0.05) is 24.0 Å². The average molecular weight is 389 g/mol. The van der Waals surface area contributed by atoms with Gasteiger partial charge in [0.1, 0.15) is 5.75 Å². The first-order chi connectivity index (χ1) is 13.0. The molecule has 27 heavy (non-hydrogen) atoms. The summed E-state index contributed by atoms with van der Waals surface area (Å²) in [5.41, 5.74) is 1.10. The van der Waals surface area contributed by atoms with Crippen LogP contribution in [0.4, 0.5) is 10.8 Å². The van der Waals surface area contributed by atoms with E-state index in [0.29, 0.717) is 35.2 Å². The van der Waals surface area contributed by atoms with Crippen molar-refractivity contribution in [3.05, 3.63) is 35.3 Å². The lowest BCUT2D eigenvalue weighted by Crippen LogP contribution is -2.23. The Morgan fingerprint density at radius 2 is 2.07 bits per heavy atom. The van der Waals surface area contributed by atoms with E-state index in [4.69, 9.17) is 9.47 Å². The maximum Gasteiger partial charge on any atom is 0.312 e. The molecule has 3 rings (SSSR count). The molecule has 0 saturated carbocycles. The number of methoxy groups -OCH3 is 1.